The molecule has 3 atom stereocenters. The SMILES string of the molecule is CN(C)C(=O)C1CNCCN1C1CCCC(C(F)(F)F)C1. The van der Waals surface area contributed by atoms with E-state index in [9.17, 15) is 18.0 Å². The zero-order valence-corrected chi connectivity index (χ0v) is 12.6. The van der Waals surface area contributed by atoms with E-state index in [1.54, 1.807) is 14.1 Å². The molecule has 0 spiro atoms. The number of carbonyl (C=O) groups excluding carboxylic acids is 1. The summed E-state index contributed by atoms with van der Waals surface area (Å²) in [6.07, 6.45) is -2.43. The molecule has 0 bridgehead atoms. The van der Waals surface area contributed by atoms with E-state index in [2.05, 4.69) is 5.32 Å². The summed E-state index contributed by atoms with van der Waals surface area (Å²) in [5.74, 6) is -1.25. The molecule has 0 radical (unpaired) electrons. The lowest BCUT2D eigenvalue weighted by Gasteiger charge is -2.44. The van der Waals surface area contributed by atoms with Crippen molar-refractivity contribution in [1.82, 2.24) is 15.1 Å². The van der Waals surface area contributed by atoms with E-state index in [0.29, 0.717) is 19.5 Å². The molecule has 1 amide bonds. The fraction of sp³-hybridized carbons (Fsp3) is 0.929. The maximum Gasteiger partial charge on any atom is 0.391 e. The monoisotopic (exact) mass is 307 g/mol. The standard InChI is InChI=1S/C14H24F3N3O/c1-19(2)13(21)12-9-18-6-7-20(12)11-5-3-4-10(8-11)14(15,16)17/h10-12,18H,3-9H2,1-2H3. The van der Waals surface area contributed by atoms with Crippen LogP contribution in [0.15, 0.2) is 0 Å². The quantitative estimate of drug-likeness (QED) is 0.839. The van der Waals surface area contributed by atoms with Gasteiger partial charge in [0.05, 0.1) is 5.92 Å². The van der Waals surface area contributed by atoms with Crippen molar-refractivity contribution in [3.8, 4) is 0 Å². The van der Waals surface area contributed by atoms with Crippen molar-refractivity contribution in [3.05, 3.63) is 0 Å². The number of hydrogen-bond donors (Lipinski definition) is 1. The molecule has 4 nitrogen and oxygen atoms in total. The molecular weight excluding hydrogens is 283 g/mol. The van der Waals surface area contributed by atoms with E-state index in [-0.39, 0.29) is 30.8 Å². The number of piperazine rings is 1. The Balaban J connectivity index is 2.08. The first-order valence-electron chi connectivity index (χ1n) is 7.55. The molecule has 122 valence electrons. The summed E-state index contributed by atoms with van der Waals surface area (Å²) in [5.41, 5.74) is 0. The molecule has 1 saturated carbocycles. The van der Waals surface area contributed by atoms with Crippen LogP contribution in [-0.2, 0) is 4.79 Å². The average Bonchev–Trinajstić information content (AvgIpc) is 2.45. The second kappa shape index (κ2) is 6.52. The molecule has 0 aromatic heterocycles. The number of carbonyl (C=O) groups is 1. The molecule has 0 aromatic carbocycles. The van der Waals surface area contributed by atoms with E-state index in [0.717, 1.165) is 13.0 Å². The Kier molecular flexibility index (Phi) is 5.14. The van der Waals surface area contributed by atoms with Gasteiger partial charge in [-0.2, -0.15) is 13.2 Å². The third kappa shape index (κ3) is 3.88. The van der Waals surface area contributed by atoms with Crippen LogP contribution < -0.4 is 5.32 Å². The minimum Gasteiger partial charge on any atom is -0.347 e. The molecule has 3 unspecified atom stereocenters. The first-order valence-corrected chi connectivity index (χ1v) is 7.55. The molecule has 1 saturated heterocycles. The first kappa shape index (κ1) is 16.5. The maximum atomic E-state index is 13.0. The van der Waals surface area contributed by atoms with Gasteiger partial charge in [-0.15, -0.1) is 0 Å². The normalized spacial score (nSPS) is 32.0. The lowest BCUT2D eigenvalue weighted by atomic mass is 9.83. The van der Waals surface area contributed by atoms with Crippen molar-refractivity contribution >= 4 is 5.91 Å². The third-order valence-electron chi connectivity index (χ3n) is 4.59. The van der Waals surface area contributed by atoms with Gasteiger partial charge in [-0.3, -0.25) is 9.69 Å². The highest BCUT2D eigenvalue weighted by molar-refractivity contribution is 5.81. The number of rotatable bonds is 2. The van der Waals surface area contributed by atoms with Crippen molar-refractivity contribution in [3.63, 3.8) is 0 Å². The Morgan fingerprint density at radius 1 is 1.29 bits per heavy atom. The highest BCUT2D eigenvalue weighted by Gasteiger charge is 2.45. The van der Waals surface area contributed by atoms with Gasteiger partial charge in [-0.1, -0.05) is 6.42 Å². The fourth-order valence-corrected chi connectivity index (χ4v) is 3.45. The van der Waals surface area contributed by atoms with E-state index in [1.807, 2.05) is 4.90 Å². The molecule has 0 aromatic rings. The smallest absolute Gasteiger partial charge is 0.347 e. The lowest BCUT2D eigenvalue weighted by molar-refractivity contribution is -0.188. The van der Waals surface area contributed by atoms with Crippen LogP contribution in [0.1, 0.15) is 25.7 Å². The Hall–Kier alpha value is -0.820. The molecule has 21 heavy (non-hydrogen) atoms. The van der Waals surface area contributed by atoms with Crippen LogP contribution in [-0.4, -0.2) is 67.7 Å². The number of likely N-dealkylation sites (N-methyl/N-ethyl adjacent to an activating group) is 1. The van der Waals surface area contributed by atoms with E-state index >= 15 is 0 Å². The minimum absolute atomic E-state index is 0.0312. The van der Waals surface area contributed by atoms with Gasteiger partial charge in [0.1, 0.15) is 6.04 Å². The number of hydrogen-bond acceptors (Lipinski definition) is 3. The molecule has 2 rings (SSSR count). The summed E-state index contributed by atoms with van der Waals surface area (Å²) >= 11 is 0. The molecule has 2 aliphatic rings. The molecule has 1 aliphatic heterocycles. The number of alkyl halides is 3. The number of amides is 1. The van der Waals surface area contributed by atoms with Crippen molar-refractivity contribution in [2.24, 2.45) is 5.92 Å². The zero-order valence-electron chi connectivity index (χ0n) is 12.6. The number of halogens is 3. The van der Waals surface area contributed by atoms with Crippen LogP contribution >= 0.6 is 0 Å². The highest BCUT2D eigenvalue weighted by Crippen LogP contribution is 2.39. The van der Waals surface area contributed by atoms with Crippen molar-refractivity contribution < 1.29 is 18.0 Å². The topological polar surface area (TPSA) is 35.6 Å². The van der Waals surface area contributed by atoms with E-state index in [4.69, 9.17) is 0 Å². The molecule has 7 heteroatoms. The van der Waals surface area contributed by atoms with Gasteiger partial charge >= 0.3 is 6.18 Å². The Labute approximate surface area is 123 Å². The Morgan fingerprint density at radius 3 is 2.62 bits per heavy atom. The second-order valence-corrected chi connectivity index (χ2v) is 6.25. The average molecular weight is 307 g/mol. The van der Waals surface area contributed by atoms with Crippen LogP contribution in [0.25, 0.3) is 0 Å². The van der Waals surface area contributed by atoms with Crippen LogP contribution in [0.2, 0.25) is 0 Å². The largest absolute Gasteiger partial charge is 0.391 e. The number of nitrogens with one attached hydrogen (secondary N) is 1. The summed E-state index contributed by atoms with van der Waals surface area (Å²) in [4.78, 5) is 15.8. The molecule has 2 fully saturated rings. The van der Waals surface area contributed by atoms with Gasteiger partial charge in [-0.05, 0) is 19.3 Å². The summed E-state index contributed by atoms with van der Waals surface area (Å²) in [6.45, 7) is 1.88. The van der Waals surface area contributed by atoms with Gasteiger partial charge in [0, 0.05) is 39.8 Å². The summed E-state index contributed by atoms with van der Waals surface area (Å²) in [7, 11) is 3.38. The third-order valence-corrected chi connectivity index (χ3v) is 4.59. The Bertz CT molecular complexity index is 373. The highest BCUT2D eigenvalue weighted by atomic mass is 19.4. The summed E-state index contributed by atoms with van der Waals surface area (Å²) in [6, 6.07) is -0.480. The molecule has 1 N–H and O–H groups in total. The predicted octanol–water partition coefficient (Wildman–Crippen LogP) is 1.47. The van der Waals surface area contributed by atoms with Crippen molar-refractivity contribution in [1.29, 1.82) is 0 Å². The van der Waals surface area contributed by atoms with Gasteiger partial charge in [0.2, 0.25) is 5.91 Å². The molecular formula is C14H24F3N3O. The minimum atomic E-state index is -4.12. The van der Waals surface area contributed by atoms with E-state index in [1.165, 1.54) is 4.90 Å². The maximum absolute atomic E-state index is 13.0. The van der Waals surface area contributed by atoms with Gasteiger partial charge < -0.3 is 10.2 Å². The van der Waals surface area contributed by atoms with Crippen LogP contribution in [0.5, 0.6) is 0 Å². The van der Waals surface area contributed by atoms with Crippen molar-refractivity contribution in [2.45, 2.75) is 43.9 Å². The molecule has 1 heterocycles. The first-order chi connectivity index (χ1) is 9.80. The zero-order chi connectivity index (χ0) is 15.6. The van der Waals surface area contributed by atoms with Crippen LogP contribution in [0.4, 0.5) is 13.2 Å². The van der Waals surface area contributed by atoms with Gasteiger partial charge in [-0.25, -0.2) is 0 Å². The van der Waals surface area contributed by atoms with Crippen LogP contribution in [0.3, 0.4) is 0 Å². The lowest BCUT2D eigenvalue weighted by Crippen LogP contribution is -2.61. The Morgan fingerprint density at radius 2 is 2.00 bits per heavy atom. The van der Waals surface area contributed by atoms with Crippen molar-refractivity contribution in [2.75, 3.05) is 33.7 Å². The summed E-state index contributed by atoms with van der Waals surface area (Å²) in [5, 5.41) is 3.17. The van der Waals surface area contributed by atoms with Gasteiger partial charge in [0.15, 0.2) is 0 Å². The second-order valence-electron chi connectivity index (χ2n) is 6.25. The summed E-state index contributed by atoms with van der Waals surface area (Å²) < 4.78 is 38.9. The molecule has 1 aliphatic carbocycles. The number of nitrogens with zero attached hydrogens (tertiary/aromatic N) is 2. The van der Waals surface area contributed by atoms with Gasteiger partial charge in [0.25, 0.3) is 0 Å². The predicted molar refractivity (Wildman–Crippen MR) is 73.9 cm³/mol. The van der Waals surface area contributed by atoms with Crippen LogP contribution in [0, 0.1) is 5.92 Å². The fourth-order valence-electron chi connectivity index (χ4n) is 3.45. The van der Waals surface area contributed by atoms with E-state index < -0.39 is 12.1 Å².